The van der Waals surface area contributed by atoms with Gasteiger partial charge in [0.25, 0.3) is 0 Å². The van der Waals surface area contributed by atoms with E-state index in [1.807, 2.05) is 0 Å². The number of hydrogen-bond acceptors (Lipinski definition) is 1. The third kappa shape index (κ3) is 4.36. The lowest BCUT2D eigenvalue weighted by atomic mass is 9.96. The second kappa shape index (κ2) is 6.70. The van der Waals surface area contributed by atoms with Crippen LogP contribution in [0.25, 0.3) is 0 Å². The first-order valence-electron chi connectivity index (χ1n) is 6.42. The smallest absolute Gasteiger partial charge is 0.0208 e. The molecule has 0 bridgehead atoms. The van der Waals surface area contributed by atoms with Crippen molar-refractivity contribution in [2.24, 2.45) is 5.92 Å². The Bertz CT molecular complexity index is 315. The SMILES string of the molecule is CCCNCc1ccc(C)cc1CC(C)C. The topological polar surface area (TPSA) is 12.0 Å². The molecule has 1 aromatic rings. The molecule has 1 nitrogen and oxygen atoms in total. The fourth-order valence-corrected chi connectivity index (χ4v) is 1.96. The average Bonchev–Trinajstić information content (AvgIpc) is 2.20. The van der Waals surface area contributed by atoms with Gasteiger partial charge in [-0.3, -0.25) is 0 Å². The Balaban J connectivity index is 2.72. The van der Waals surface area contributed by atoms with Crippen LogP contribution in [0, 0.1) is 12.8 Å². The van der Waals surface area contributed by atoms with Gasteiger partial charge in [0.05, 0.1) is 0 Å². The van der Waals surface area contributed by atoms with Gasteiger partial charge >= 0.3 is 0 Å². The predicted octanol–water partition coefficient (Wildman–Crippen LogP) is 3.69. The summed E-state index contributed by atoms with van der Waals surface area (Å²) in [6.45, 7) is 11.1. The van der Waals surface area contributed by atoms with Crippen molar-refractivity contribution < 1.29 is 0 Å². The molecule has 0 atom stereocenters. The van der Waals surface area contributed by atoms with E-state index in [1.54, 1.807) is 0 Å². The summed E-state index contributed by atoms with van der Waals surface area (Å²) in [5, 5.41) is 3.48. The molecule has 0 aliphatic heterocycles. The molecule has 1 rings (SSSR count). The van der Waals surface area contributed by atoms with Crippen molar-refractivity contribution in [1.29, 1.82) is 0 Å². The third-order valence-corrected chi connectivity index (χ3v) is 2.73. The van der Waals surface area contributed by atoms with Crippen molar-refractivity contribution in [3.8, 4) is 0 Å². The molecule has 1 N–H and O–H groups in total. The molecule has 0 saturated carbocycles. The van der Waals surface area contributed by atoms with Crippen molar-refractivity contribution >= 4 is 0 Å². The quantitative estimate of drug-likeness (QED) is 0.719. The van der Waals surface area contributed by atoms with Crippen LogP contribution in [0.4, 0.5) is 0 Å². The van der Waals surface area contributed by atoms with Crippen LogP contribution in [-0.2, 0) is 13.0 Å². The fourth-order valence-electron chi connectivity index (χ4n) is 1.96. The minimum Gasteiger partial charge on any atom is -0.313 e. The minimum absolute atomic E-state index is 0.728. The first-order valence-corrected chi connectivity index (χ1v) is 6.42. The van der Waals surface area contributed by atoms with Gasteiger partial charge in [0, 0.05) is 6.54 Å². The Kier molecular flexibility index (Phi) is 5.54. The summed E-state index contributed by atoms with van der Waals surface area (Å²) in [6, 6.07) is 6.82. The second-order valence-corrected chi connectivity index (χ2v) is 5.05. The second-order valence-electron chi connectivity index (χ2n) is 5.05. The highest BCUT2D eigenvalue weighted by Gasteiger charge is 2.04. The zero-order valence-corrected chi connectivity index (χ0v) is 11.1. The van der Waals surface area contributed by atoms with Crippen LogP contribution in [0.1, 0.15) is 43.9 Å². The van der Waals surface area contributed by atoms with Gasteiger partial charge in [0.15, 0.2) is 0 Å². The van der Waals surface area contributed by atoms with Crippen LogP contribution in [0.2, 0.25) is 0 Å². The Morgan fingerprint density at radius 2 is 1.94 bits per heavy atom. The van der Waals surface area contributed by atoms with Gasteiger partial charge in [-0.25, -0.2) is 0 Å². The lowest BCUT2D eigenvalue weighted by molar-refractivity contribution is 0.628. The molecule has 1 heteroatoms. The number of hydrogen-bond donors (Lipinski definition) is 1. The normalized spacial score (nSPS) is 11.1. The molecule has 0 aliphatic rings. The van der Waals surface area contributed by atoms with Crippen molar-refractivity contribution in [3.63, 3.8) is 0 Å². The summed E-state index contributed by atoms with van der Waals surface area (Å²) >= 11 is 0. The Morgan fingerprint density at radius 3 is 2.56 bits per heavy atom. The molecular formula is C15H25N. The molecule has 0 fully saturated rings. The highest BCUT2D eigenvalue weighted by Crippen LogP contribution is 2.16. The van der Waals surface area contributed by atoms with E-state index < -0.39 is 0 Å². The molecule has 0 radical (unpaired) electrons. The van der Waals surface area contributed by atoms with E-state index in [2.05, 4.69) is 51.2 Å². The highest BCUT2D eigenvalue weighted by atomic mass is 14.8. The minimum atomic E-state index is 0.728. The van der Waals surface area contributed by atoms with E-state index in [0.29, 0.717) is 0 Å². The highest BCUT2D eigenvalue weighted by molar-refractivity contribution is 5.31. The first kappa shape index (κ1) is 13.2. The van der Waals surface area contributed by atoms with Gasteiger partial charge in [0.2, 0.25) is 0 Å². The monoisotopic (exact) mass is 219 g/mol. The fraction of sp³-hybridized carbons (Fsp3) is 0.600. The van der Waals surface area contributed by atoms with E-state index in [4.69, 9.17) is 0 Å². The molecule has 0 aromatic heterocycles. The summed E-state index contributed by atoms with van der Waals surface area (Å²) in [7, 11) is 0. The van der Waals surface area contributed by atoms with Gasteiger partial charge in [-0.1, -0.05) is 44.5 Å². The maximum Gasteiger partial charge on any atom is 0.0208 e. The summed E-state index contributed by atoms with van der Waals surface area (Å²) < 4.78 is 0. The maximum absolute atomic E-state index is 3.48. The van der Waals surface area contributed by atoms with Gasteiger partial charge in [-0.15, -0.1) is 0 Å². The van der Waals surface area contributed by atoms with Crippen LogP contribution < -0.4 is 5.32 Å². The van der Waals surface area contributed by atoms with E-state index in [0.717, 1.165) is 19.0 Å². The predicted molar refractivity (Wildman–Crippen MR) is 71.7 cm³/mol. The van der Waals surface area contributed by atoms with Crippen molar-refractivity contribution in [2.75, 3.05) is 6.54 Å². The first-order chi connectivity index (χ1) is 7.63. The van der Waals surface area contributed by atoms with E-state index in [9.17, 15) is 0 Å². The van der Waals surface area contributed by atoms with E-state index in [-0.39, 0.29) is 0 Å². The number of nitrogens with one attached hydrogen (secondary N) is 1. The van der Waals surface area contributed by atoms with Crippen molar-refractivity contribution in [3.05, 3.63) is 34.9 Å². The summed E-state index contributed by atoms with van der Waals surface area (Å²) in [4.78, 5) is 0. The van der Waals surface area contributed by atoms with E-state index in [1.165, 1.54) is 29.5 Å². The Labute approximate surface area is 100 Å². The maximum atomic E-state index is 3.48. The Hall–Kier alpha value is -0.820. The zero-order valence-electron chi connectivity index (χ0n) is 11.1. The lowest BCUT2D eigenvalue weighted by Crippen LogP contribution is -2.15. The summed E-state index contributed by atoms with van der Waals surface area (Å²) in [5.74, 6) is 0.728. The number of aryl methyl sites for hydroxylation is 1. The molecular weight excluding hydrogens is 194 g/mol. The zero-order chi connectivity index (χ0) is 12.0. The molecule has 16 heavy (non-hydrogen) atoms. The van der Waals surface area contributed by atoms with Gasteiger partial charge in [-0.2, -0.15) is 0 Å². The van der Waals surface area contributed by atoms with Gasteiger partial charge in [0.1, 0.15) is 0 Å². The molecule has 0 spiro atoms. The molecule has 0 amide bonds. The van der Waals surface area contributed by atoms with Crippen LogP contribution in [0.15, 0.2) is 18.2 Å². The van der Waals surface area contributed by atoms with Crippen LogP contribution in [0.3, 0.4) is 0 Å². The molecule has 0 aliphatic carbocycles. The molecule has 1 aromatic carbocycles. The summed E-state index contributed by atoms with van der Waals surface area (Å²) in [5.41, 5.74) is 4.35. The molecule has 0 unspecified atom stereocenters. The summed E-state index contributed by atoms with van der Waals surface area (Å²) in [6.07, 6.45) is 2.39. The van der Waals surface area contributed by atoms with E-state index >= 15 is 0 Å². The Morgan fingerprint density at radius 1 is 1.19 bits per heavy atom. The van der Waals surface area contributed by atoms with Crippen LogP contribution >= 0.6 is 0 Å². The number of rotatable bonds is 6. The standard InChI is InChI=1S/C15H25N/c1-5-8-16-11-14-7-6-13(4)10-15(14)9-12(2)3/h6-7,10,12,16H,5,8-9,11H2,1-4H3. The number of benzene rings is 1. The lowest BCUT2D eigenvalue weighted by Gasteiger charge is -2.13. The molecule has 90 valence electrons. The third-order valence-electron chi connectivity index (χ3n) is 2.73. The van der Waals surface area contributed by atoms with Crippen LogP contribution in [-0.4, -0.2) is 6.54 Å². The van der Waals surface area contributed by atoms with Crippen LogP contribution in [0.5, 0.6) is 0 Å². The van der Waals surface area contributed by atoms with Crippen molar-refractivity contribution in [1.82, 2.24) is 5.32 Å². The molecule has 0 heterocycles. The van der Waals surface area contributed by atoms with Gasteiger partial charge in [-0.05, 0) is 43.4 Å². The molecule has 0 saturated heterocycles. The average molecular weight is 219 g/mol. The largest absolute Gasteiger partial charge is 0.313 e. The van der Waals surface area contributed by atoms with Gasteiger partial charge < -0.3 is 5.32 Å². The van der Waals surface area contributed by atoms with Crippen molar-refractivity contribution in [2.45, 2.75) is 47.1 Å².